The molecule has 1 aliphatic rings. The fourth-order valence-electron chi connectivity index (χ4n) is 3.12. The van der Waals surface area contributed by atoms with Crippen molar-refractivity contribution in [1.29, 1.82) is 0 Å². The van der Waals surface area contributed by atoms with Crippen LogP contribution in [0.3, 0.4) is 0 Å². The predicted octanol–water partition coefficient (Wildman–Crippen LogP) is 2.60. The quantitative estimate of drug-likeness (QED) is 0.858. The van der Waals surface area contributed by atoms with Gasteiger partial charge in [0, 0.05) is 32.1 Å². The van der Waals surface area contributed by atoms with Crippen molar-refractivity contribution in [1.82, 2.24) is 9.80 Å². The summed E-state index contributed by atoms with van der Waals surface area (Å²) >= 11 is 0. The van der Waals surface area contributed by atoms with Crippen molar-refractivity contribution in [2.24, 2.45) is 5.92 Å². The Morgan fingerprint density at radius 2 is 2.05 bits per heavy atom. The van der Waals surface area contributed by atoms with E-state index >= 15 is 0 Å². The third kappa shape index (κ3) is 2.98. The normalized spacial score (nSPS) is 21.8. The second-order valence-corrected chi connectivity index (χ2v) is 5.64. The number of likely N-dealkylation sites (tertiary alicyclic amines) is 1. The Kier molecular flexibility index (Phi) is 5.16. The molecule has 1 saturated heterocycles. The lowest BCUT2D eigenvalue weighted by Crippen LogP contribution is -2.48. The van der Waals surface area contributed by atoms with Gasteiger partial charge in [-0.05, 0) is 26.3 Å². The molecular formula is C17H23FN2O2. The SMILES string of the molecule is CCN(C)C(=O)[C@@H]1CCC(=O)N(CC)[C@H]1c1ccccc1F. The average molecular weight is 306 g/mol. The number of amides is 2. The summed E-state index contributed by atoms with van der Waals surface area (Å²) in [6.07, 6.45) is 0.810. The number of hydrogen-bond donors (Lipinski definition) is 0. The lowest BCUT2D eigenvalue weighted by molar-refractivity contribution is -0.147. The van der Waals surface area contributed by atoms with Gasteiger partial charge in [-0.3, -0.25) is 9.59 Å². The Bertz CT molecular complexity index is 561. The molecule has 4 nitrogen and oxygen atoms in total. The number of piperidine rings is 1. The zero-order valence-corrected chi connectivity index (χ0v) is 13.4. The summed E-state index contributed by atoms with van der Waals surface area (Å²) < 4.78 is 14.3. The van der Waals surface area contributed by atoms with Gasteiger partial charge in [-0.15, -0.1) is 0 Å². The smallest absolute Gasteiger partial charge is 0.227 e. The molecule has 2 rings (SSSR count). The maximum Gasteiger partial charge on any atom is 0.227 e. The fourth-order valence-corrected chi connectivity index (χ4v) is 3.12. The van der Waals surface area contributed by atoms with Gasteiger partial charge in [0.05, 0.1) is 12.0 Å². The predicted molar refractivity (Wildman–Crippen MR) is 82.6 cm³/mol. The number of benzene rings is 1. The van der Waals surface area contributed by atoms with Crippen molar-refractivity contribution >= 4 is 11.8 Å². The zero-order valence-electron chi connectivity index (χ0n) is 13.4. The van der Waals surface area contributed by atoms with Crippen molar-refractivity contribution < 1.29 is 14.0 Å². The first-order valence-electron chi connectivity index (χ1n) is 7.80. The molecule has 0 spiro atoms. The average Bonchev–Trinajstić information content (AvgIpc) is 2.53. The Labute approximate surface area is 130 Å². The van der Waals surface area contributed by atoms with Crippen LogP contribution < -0.4 is 0 Å². The molecular weight excluding hydrogens is 283 g/mol. The molecule has 2 amide bonds. The van der Waals surface area contributed by atoms with E-state index in [1.165, 1.54) is 6.07 Å². The summed E-state index contributed by atoms with van der Waals surface area (Å²) in [7, 11) is 1.74. The zero-order chi connectivity index (χ0) is 16.3. The van der Waals surface area contributed by atoms with Crippen LogP contribution >= 0.6 is 0 Å². The van der Waals surface area contributed by atoms with Crippen LogP contribution in [0.5, 0.6) is 0 Å². The highest BCUT2D eigenvalue weighted by Gasteiger charge is 2.41. The van der Waals surface area contributed by atoms with Crippen LogP contribution in [0, 0.1) is 11.7 Å². The Morgan fingerprint density at radius 1 is 1.36 bits per heavy atom. The van der Waals surface area contributed by atoms with Crippen molar-refractivity contribution in [3.63, 3.8) is 0 Å². The monoisotopic (exact) mass is 306 g/mol. The van der Waals surface area contributed by atoms with Gasteiger partial charge in [-0.1, -0.05) is 18.2 Å². The van der Waals surface area contributed by atoms with E-state index < -0.39 is 6.04 Å². The largest absolute Gasteiger partial charge is 0.346 e. The van der Waals surface area contributed by atoms with Gasteiger partial charge in [0.15, 0.2) is 0 Å². The highest BCUT2D eigenvalue weighted by atomic mass is 19.1. The first-order chi connectivity index (χ1) is 10.5. The Morgan fingerprint density at radius 3 is 2.64 bits per heavy atom. The van der Waals surface area contributed by atoms with E-state index in [1.807, 2.05) is 13.8 Å². The van der Waals surface area contributed by atoms with Crippen LogP contribution in [0.25, 0.3) is 0 Å². The van der Waals surface area contributed by atoms with E-state index in [4.69, 9.17) is 0 Å². The van der Waals surface area contributed by atoms with E-state index in [-0.39, 0.29) is 23.5 Å². The first-order valence-corrected chi connectivity index (χ1v) is 7.80. The van der Waals surface area contributed by atoms with Crippen molar-refractivity contribution in [3.05, 3.63) is 35.6 Å². The molecule has 0 aromatic heterocycles. The minimum Gasteiger partial charge on any atom is -0.346 e. The summed E-state index contributed by atoms with van der Waals surface area (Å²) in [5, 5.41) is 0. The molecule has 0 aliphatic carbocycles. The molecule has 0 unspecified atom stereocenters. The molecule has 0 N–H and O–H groups in total. The first kappa shape index (κ1) is 16.5. The number of halogens is 1. The summed E-state index contributed by atoms with van der Waals surface area (Å²) in [5.74, 6) is -0.794. The maximum absolute atomic E-state index is 14.3. The lowest BCUT2D eigenvalue weighted by atomic mass is 9.83. The van der Waals surface area contributed by atoms with E-state index in [0.29, 0.717) is 31.5 Å². The second kappa shape index (κ2) is 6.90. The molecule has 1 fully saturated rings. The van der Waals surface area contributed by atoms with Crippen LogP contribution in [0.15, 0.2) is 24.3 Å². The molecule has 1 aliphatic heterocycles. The van der Waals surface area contributed by atoms with E-state index in [1.54, 1.807) is 35.0 Å². The number of nitrogens with zero attached hydrogens (tertiary/aromatic N) is 2. The minimum absolute atomic E-state index is 0.0149. The molecule has 1 aromatic rings. The molecule has 0 radical (unpaired) electrons. The number of carbonyl (C=O) groups is 2. The third-order valence-electron chi connectivity index (χ3n) is 4.44. The highest BCUT2D eigenvalue weighted by molar-refractivity contribution is 5.85. The Hall–Kier alpha value is -1.91. The number of carbonyl (C=O) groups excluding carboxylic acids is 2. The fraction of sp³-hybridized carbons (Fsp3) is 0.529. The Balaban J connectivity index is 2.45. The number of rotatable bonds is 4. The maximum atomic E-state index is 14.3. The molecule has 2 atom stereocenters. The standard InChI is InChI=1S/C17H23FN2O2/c1-4-19(3)17(22)13-10-11-15(21)20(5-2)16(13)12-8-6-7-9-14(12)18/h6-9,13,16H,4-5,10-11H2,1-3H3/t13-,16+/m1/s1. The van der Waals surface area contributed by atoms with Crippen molar-refractivity contribution in [2.45, 2.75) is 32.7 Å². The van der Waals surface area contributed by atoms with Crippen molar-refractivity contribution in [2.75, 3.05) is 20.1 Å². The molecule has 120 valence electrons. The topological polar surface area (TPSA) is 40.6 Å². The van der Waals surface area contributed by atoms with E-state index in [0.717, 1.165) is 0 Å². The van der Waals surface area contributed by atoms with Crippen LogP contribution in [-0.4, -0.2) is 41.8 Å². The summed E-state index contributed by atoms with van der Waals surface area (Å²) in [6, 6.07) is 5.90. The minimum atomic E-state index is -0.519. The number of hydrogen-bond acceptors (Lipinski definition) is 2. The van der Waals surface area contributed by atoms with Gasteiger partial charge in [0.1, 0.15) is 5.82 Å². The van der Waals surface area contributed by atoms with Gasteiger partial charge in [0.25, 0.3) is 0 Å². The molecule has 0 saturated carbocycles. The van der Waals surface area contributed by atoms with Crippen LogP contribution in [-0.2, 0) is 9.59 Å². The summed E-state index contributed by atoms with van der Waals surface area (Å²) in [4.78, 5) is 28.1. The molecule has 22 heavy (non-hydrogen) atoms. The van der Waals surface area contributed by atoms with Gasteiger partial charge < -0.3 is 9.80 Å². The second-order valence-electron chi connectivity index (χ2n) is 5.64. The van der Waals surface area contributed by atoms with E-state index in [9.17, 15) is 14.0 Å². The van der Waals surface area contributed by atoms with Gasteiger partial charge in [0.2, 0.25) is 11.8 Å². The van der Waals surface area contributed by atoms with Gasteiger partial charge >= 0.3 is 0 Å². The third-order valence-corrected chi connectivity index (χ3v) is 4.44. The van der Waals surface area contributed by atoms with Gasteiger partial charge in [-0.25, -0.2) is 4.39 Å². The summed E-state index contributed by atoms with van der Waals surface area (Å²) in [6.45, 7) is 4.83. The van der Waals surface area contributed by atoms with Crippen molar-refractivity contribution in [3.8, 4) is 0 Å². The molecule has 5 heteroatoms. The highest BCUT2D eigenvalue weighted by Crippen LogP contribution is 2.38. The lowest BCUT2D eigenvalue weighted by Gasteiger charge is -2.41. The van der Waals surface area contributed by atoms with Gasteiger partial charge in [-0.2, -0.15) is 0 Å². The molecule has 1 aromatic carbocycles. The van der Waals surface area contributed by atoms with E-state index in [2.05, 4.69) is 0 Å². The molecule has 0 bridgehead atoms. The van der Waals surface area contributed by atoms with Crippen LogP contribution in [0.4, 0.5) is 4.39 Å². The molecule has 1 heterocycles. The van der Waals surface area contributed by atoms with Crippen LogP contribution in [0.2, 0.25) is 0 Å². The summed E-state index contributed by atoms with van der Waals surface area (Å²) in [5.41, 5.74) is 0.431. The van der Waals surface area contributed by atoms with Crippen LogP contribution in [0.1, 0.15) is 38.3 Å².